The molecule has 0 aliphatic rings. The molecule has 0 saturated carbocycles. The van der Waals surface area contributed by atoms with Crippen molar-refractivity contribution < 1.29 is 4.79 Å². The van der Waals surface area contributed by atoms with Gasteiger partial charge in [0.25, 0.3) is 0 Å². The van der Waals surface area contributed by atoms with E-state index in [1.165, 1.54) is 0 Å². The number of rotatable bonds is 5. The summed E-state index contributed by atoms with van der Waals surface area (Å²) >= 11 is 5.93. The molecule has 0 aliphatic carbocycles. The van der Waals surface area contributed by atoms with Crippen LogP contribution >= 0.6 is 11.6 Å². The Bertz CT molecular complexity index is 404. The summed E-state index contributed by atoms with van der Waals surface area (Å²) < 4.78 is 0. The van der Waals surface area contributed by atoms with Crippen molar-refractivity contribution >= 4 is 17.5 Å². The Kier molecular flexibility index (Phi) is 4.54. The second-order valence-electron chi connectivity index (χ2n) is 4.91. The normalized spacial score (nSPS) is 13.4. The van der Waals surface area contributed by atoms with Gasteiger partial charge in [-0.25, -0.2) is 0 Å². The van der Waals surface area contributed by atoms with Crippen molar-refractivity contribution in [2.75, 3.05) is 6.54 Å². The van der Waals surface area contributed by atoms with Crippen LogP contribution in [-0.4, -0.2) is 12.5 Å². The number of nitrogens with one attached hydrogen (secondary N) is 1. The number of nitrogens with two attached hydrogens (primary N) is 1. The fraction of sp³-hybridized carbons (Fsp3) is 0.462. The average molecular weight is 255 g/mol. The van der Waals surface area contributed by atoms with Gasteiger partial charge in [-0.3, -0.25) is 4.79 Å². The Hall–Kier alpha value is -1.06. The van der Waals surface area contributed by atoms with Gasteiger partial charge in [0, 0.05) is 17.6 Å². The molecule has 1 amide bonds. The zero-order chi connectivity index (χ0) is 13.1. The van der Waals surface area contributed by atoms with E-state index in [-0.39, 0.29) is 11.9 Å². The molecule has 0 saturated heterocycles. The number of benzene rings is 1. The molecule has 3 N–H and O–H groups in total. The van der Waals surface area contributed by atoms with E-state index in [4.69, 9.17) is 17.3 Å². The minimum atomic E-state index is -0.549. The first-order valence-electron chi connectivity index (χ1n) is 5.61. The van der Waals surface area contributed by atoms with Crippen LogP contribution in [0, 0.1) is 5.41 Å². The third-order valence-electron chi connectivity index (χ3n) is 2.87. The molecule has 0 radical (unpaired) electrons. The summed E-state index contributed by atoms with van der Waals surface area (Å²) in [6, 6.07) is 7.80. The quantitative estimate of drug-likeness (QED) is 0.848. The van der Waals surface area contributed by atoms with Crippen molar-refractivity contribution in [2.45, 2.75) is 26.8 Å². The lowest BCUT2D eigenvalue weighted by Gasteiger charge is -2.24. The molecule has 0 bridgehead atoms. The maximum atomic E-state index is 11.2. The molecule has 1 unspecified atom stereocenters. The minimum absolute atomic E-state index is 0.132. The molecular weight excluding hydrogens is 236 g/mol. The molecule has 94 valence electrons. The van der Waals surface area contributed by atoms with Crippen LogP contribution < -0.4 is 11.1 Å². The zero-order valence-corrected chi connectivity index (χ0v) is 11.2. The van der Waals surface area contributed by atoms with Crippen molar-refractivity contribution in [1.82, 2.24) is 5.32 Å². The van der Waals surface area contributed by atoms with E-state index in [1.54, 1.807) is 0 Å². The maximum Gasteiger partial charge on any atom is 0.224 e. The van der Waals surface area contributed by atoms with Crippen LogP contribution in [-0.2, 0) is 4.79 Å². The first-order valence-corrected chi connectivity index (χ1v) is 5.99. The van der Waals surface area contributed by atoms with Gasteiger partial charge in [-0.05, 0) is 38.5 Å². The minimum Gasteiger partial charge on any atom is -0.369 e. The zero-order valence-electron chi connectivity index (χ0n) is 10.5. The number of hydrogen-bond donors (Lipinski definition) is 2. The van der Waals surface area contributed by atoms with Crippen LogP contribution in [0.3, 0.4) is 0 Å². The van der Waals surface area contributed by atoms with Gasteiger partial charge in [-0.15, -0.1) is 0 Å². The van der Waals surface area contributed by atoms with E-state index in [0.717, 1.165) is 5.56 Å². The fourth-order valence-corrected chi connectivity index (χ4v) is 1.59. The Balaban J connectivity index is 2.62. The predicted octanol–water partition coefficient (Wildman–Crippen LogP) is 2.50. The van der Waals surface area contributed by atoms with Crippen LogP contribution in [0.2, 0.25) is 5.02 Å². The molecular formula is C13H19ClN2O. The van der Waals surface area contributed by atoms with Crippen LogP contribution in [0.15, 0.2) is 24.3 Å². The molecule has 3 nitrogen and oxygen atoms in total. The van der Waals surface area contributed by atoms with Gasteiger partial charge in [0.1, 0.15) is 0 Å². The average Bonchev–Trinajstić information content (AvgIpc) is 2.25. The lowest BCUT2D eigenvalue weighted by atomic mass is 9.92. The summed E-state index contributed by atoms with van der Waals surface area (Å²) in [6.07, 6.45) is 0. The third-order valence-corrected chi connectivity index (χ3v) is 3.10. The SMILES string of the molecule is CC(NCC(C)(C)C(N)=O)c1cccc(Cl)c1. The van der Waals surface area contributed by atoms with Crippen LogP contribution in [0.25, 0.3) is 0 Å². The molecule has 0 heterocycles. The highest BCUT2D eigenvalue weighted by atomic mass is 35.5. The van der Waals surface area contributed by atoms with E-state index < -0.39 is 5.41 Å². The Labute approximate surface area is 107 Å². The van der Waals surface area contributed by atoms with E-state index in [9.17, 15) is 4.79 Å². The van der Waals surface area contributed by atoms with Crippen molar-refractivity contribution in [3.05, 3.63) is 34.9 Å². The summed E-state index contributed by atoms with van der Waals surface area (Å²) in [5.74, 6) is -0.303. The lowest BCUT2D eigenvalue weighted by Crippen LogP contribution is -2.41. The molecule has 0 spiro atoms. The van der Waals surface area contributed by atoms with Crippen molar-refractivity contribution in [3.63, 3.8) is 0 Å². The second-order valence-corrected chi connectivity index (χ2v) is 5.34. The number of halogens is 1. The van der Waals surface area contributed by atoms with Crippen LogP contribution in [0.4, 0.5) is 0 Å². The summed E-state index contributed by atoms with van der Waals surface area (Å²) in [5.41, 5.74) is 5.87. The van der Waals surface area contributed by atoms with E-state index in [2.05, 4.69) is 5.32 Å². The van der Waals surface area contributed by atoms with E-state index in [0.29, 0.717) is 11.6 Å². The molecule has 1 aromatic carbocycles. The second kappa shape index (κ2) is 5.52. The molecule has 0 aromatic heterocycles. The standard InChI is InChI=1S/C13H19ClN2O/c1-9(10-5-4-6-11(14)7-10)16-8-13(2,3)12(15)17/h4-7,9,16H,8H2,1-3H3,(H2,15,17). The topological polar surface area (TPSA) is 55.1 Å². The highest BCUT2D eigenvalue weighted by Gasteiger charge is 2.25. The van der Waals surface area contributed by atoms with Gasteiger partial charge in [0.05, 0.1) is 5.41 Å². The number of carbonyl (C=O) groups is 1. The summed E-state index contributed by atoms with van der Waals surface area (Å²) in [4.78, 5) is 11.2. The summed E-state index contributed by atoms with van der Waals surface area (Å²) in [7, 11) is 0. The number of primary amides is 1. The van der Waals surface area contributed by atoms with Gasteiger partial charge in [-0.1, -0.05) is 23.7 Å². The molecule has 0 aliphatic heterocycles. The number of hydrogen-bond acceptors (Lipinski definition) is 2. The molecule has 17 heavy (non-hydrogen) atoms. The first kappa shape index (κ1) is 14.0. The predicted molar refractivity (Wildman–Crippen MR) is 70.8 cm³/mol. The van der Waals surface area contributed by atoms with Crippen molar-refractivity contribution in [3.8, 4) is 0 Å². The molecule has 4 heteroatoms. The smallest absolute Gasteiger partial charge is 0.224 e. The molecule has 0 fully saturated rings. The molecule has 1 atom stereocenters. The van der Waals surface area contributed by atoms with Crippen LogP contribution in [0.1, 0.15) is 32.4 Å². The maximum absolute atomic E-state index is 11.2. The van der Waals surface area contributed by atoms with E-state index >= 15 is 0 Å². The Morgan fingerprint density at radius 3 is 2.71 bits per heavy atom. The van der Waals surface area contributed by atoms with Crippen molar-refractivity contribution in [2.24, 2.45) is 11.1 Å². The third kappa shape index (κ3) is 4.02. The van der Waals surface area contributed by atoms with Gasteiger partial charge < -0.3 is 11.1 Å². The molecule has 1 rings (SSSR count). The van der Waals surface area contributed by atoms with E-state index in [1.807, 2.05) is 45.0 Å². The van der Waals surface area contributed by atoms with Gasteiger partial charge in [-0.2, -0.15) is 0 Å². The van der Waals surface area contributed by atoms with Gasteiger partial charge >= 0.3 is 0 Å². The van der Waals surface area contributed by atoms with Gasteiger partial charge in [0.15, 0.2) is 0 Å². The molecule has 1 aromatic rings. The Morgan fingerprint density at radius 1 is 1.53 bits per heavy atom. The fourth-order valence-electron chi connectivity index (χ4n) is 1.39. The lowest BCUT2D eigenvalue weighted by molar-refractivity contribution is -0.125. The number of carbonyl (C=O) groups excluding carboxylic acids is 1. The monoisotopic (exact) mass is 254 g/mol. The van der Waals surface area contributed by atoms with Crippen molar-refractivity contribution in [1.29, 1.82) is 0 Å². The first-order chi connectivity index (χ1) is 7.83. The highest BCUT2D eigenvalue weighted by Crippen LogP contribution is 2.19. The number of amides is 1. The van der Waals surface area contributed by atoms with Crippen LogP contribution in [0.5, 0.6) is 0 Å². The van der Waals surface area contributed by atoms with Gasteiger partial charge in [0.2, 0.25) is 5.91 Å². The Morgan fingerprint density at radius 2 is 2.18 bits per heavy atom. The summed E-state index contributed by atoms with van der Waals surface area (Å²) in [6.45, 7) is 6.22. The summed E-state index contributed by atoms with van der Waals surface area (Å²) in [5, 5.41) is 4.00. The highest BCUT2D eigenvalue weighted by molar-refractivity contribution is 6.30. The largest absolute Gasteiger partial charge is 0.369 e.